The number of rotatable bonds is 9. The average Bonchev–Trinajstić information content (AvgIpc) is 3.07. The Morgan fingerprint density at radius 3 is 2.16 bits per heavy atom. The molecule has 0 aliphatic rings. The Morgan fingerprint density at radius 2 is 1.59 bits per heavy atom. The van der Waals surface area contributed by atoms with Crippen molar-refractivity contribution in [3.05, 3.63) is 39.8 Å². The molecule has 0 aliphatic carbocycles. The van der Waals surface area contributed by atoms with Gasteiger partial charge in [0, 0.05) is 16.5 Å². The molecule has 0 spiro atoms. The van der Waals surface area contributed by atoms with Crippen LogP contribution in [0.15, 0.2) is 18.2 Å². The van der Waals surface area contributed by atoms with Gasteiger partial charge in [-0.3, -0.25) is 14.4 Å². The fraction of sp³-hybridized carbons (Fsp3) is 0.333. The predicted octanol–water partition coefficient (Wildman–Crippen LogP) is 2.08. The van der Waals surface area contributed by atoms with Crippen molar-refractivity contribution in [2.45, 2.75) is 13.8 Å². The molecule has 10 nitrogen and oxygen atoms in total. The smallest absolute Gasteiger partial charge is 0.341 e. The lowest BCUT2D eigenvalue weighted by Gasteiger charge is -2.10. The number of hydrogen-bond donors (Lipinski definition) is 2. The summed E-state index contributed by atoms with van der Waals surface area (Å²) in [6.07, 6.45) is 0. The fourth-order valence-corrected chi connectivity index (χ4v) is 3.68. The number of hydrogen-bond acceptors (Lipinski definition) is 9. The molecule has 1 aromatic heterocycles. The molecule has 0 bridgehead atoms. The first-order chi connectivity index (χ1) is 15.2. The van der Waals surface area contributed by atoms with E-state index in [-0.39, 0.29) is 11.1 Å². The van der Waals surface area contributed by atoms with Crippen LogP contribution in [0.5, 0.6) is 11.5 Å². The summed E-state index contributed by atoms with van der Waals surface area (Å²) in [4.78, 5) is 49.1. The van der Waals surface area contributed by atoms with Crippen LogP contribution in [0.3, 0.4) is 0 Å². The minimum Gasteiger partial charge on any atom is -0.497 e. The maximum absolute atomic E-state index is 12.3. The zero-order valence-electron chi connectivity index (χ0n) is 18.3. The highest BCUT2D eigenvalue weighted by Crippen LogP contribution is 2.32. The Balaban J connectivity index is 1.89. The molecule has 1 heterocycles. The van der Waals surface area contributed by atoms with Gasteiger partial charge in [0.15, 0.2) is 6.61 Å². The number of esters is 2. The van der Waals surface area contributed by atoms with Crippen molar-refractivity contribution in [2.75, 3.05) is 39.8 Å². The zero-order chi connectivity index (χ0) is 23.8. The Hall–Kier alpha value is -3.60. The van der Waals surface area contributed by atoms with E-state index >= 15 is 0 Å². The Kier molecular flexibility index (Phi) is 8.59. The molecule has 0 saturated carbocycles. The SMILES string of the molecule is COC(=O)c1c(NC(=O)COC(=O)CNC(=O)c2cc(OC)cc(OC)c2)sc(C)c1C. The molecule has 11 heteroatoms. The van der Waals surface area contributed by atoms with Gasteiger partial charge >= 0.3 is 11.9 Å². The van der Waals surface area contributed by atoms with Crippen LogP contribution < -0.4 is 20.1 Å². The molecule has 2 rings (SSSR count). The van der Waals surface area contributed by atoms with Gasteiger partial charge in [0.1, 0.15) is 23.0 Å². The molecule has 0 fully saturated rings. The van der Waals surface area contributed by atoms with E-state index in [1.165, 1.54) is 44.8 Å². The predicted molar refractivity (Wildman–Crippen MR) is 117 cm³/mol. The standard InChI is InChI=1S/C21H24N2O8S/c1-11-12(2)32-20(18(11)21(27)30-5)23-16(24)10-31-17(25)9-22-19(26)13-6-14(28-3)8-15(7-13)29-4/h6-8H,9-10H2,1-5H3,(H,22,26)(H,23,24). The Bertz CT molecular complexity index is 1010. The summed E-state index contributed by atoms with van der Waals surface area (Å²) in [7, 11) is 4.15. The number of benzene rings is 1. The van der Waals surface area contributed by atoms with E-state index in [1.807, 2.05) is 6.92 Å². The molecule has 0 atom stereocenters. The van der Waals surface area contributed by atoms with Crippen LogP contribution in [0.25, 0.3) is 0 Å². The molecule has 172 valence electrons. The van der Waals surface area contributed by atoms with Gasteiger partial charge in [-0.05, 0) is 31.5 Å². The first kappa shape index (κ1) is 24.7. The molecule has 2 aromatic rings. The van der Waals surface area contributed by atoms with Gasteiger partial charge < -0.3 is 29.6 Å². The Morgan fingerprint density at radius 1 is 0.969 bits per heavy atom. The van der Waals surface area contributed by atoms with Crippen LogP contribution in [0.1, 0.15) is 31.2 Å². The van der Waals surface area contributed by atoms with Gasteiger partial charge in [-0.2, -0.15) is 0 Å². The molecular weight excluding hydrogens is 440 g/mol. The molecule has 2 N–H and O–H groups in total. The number of carbonyl (C=O) groups excluding carboxylic acids is 4. The normalized spacial score (nSPS) is 10.2. The quantitative estimate of drug-likeness (QED) is 0.540. The summed E-state index contributed by atoms with van der Waals surface area (Å²) < 4.78 is 19.8. The van der Waals surface area contributed by atoms with Gasteiger partial charge in [0.25, 0.3) is 11.8 Å². The number of methoxy groups -OCH3 is 3. The van der Waals surface area contributed by atoms with Crippen molar-refractivity contribution < 1.29 is 38.1 Å². The van der Waals surface area contributed by atoms with Gasteiger partial charge in [-0.25, -0.2) is 4.79 Å². The summed E-state index contributed by atoms with van der Waals surface area (Å²) in [6, 6.07) is 4.58. The second-order valence-electron chi connectivity index (χ2n) is 6.47. The number of ether oxygens (including phenoxy) is 4. The third-order valence-corrected chi connectivity index (χ3v) is 5.52. The molecule has 2 amide bonds. The topological polar surface area (TPSA) is 129 Å². The van der Waals surface area contributed by atoms with Crippen molar-refractivity contribution in [2.24, 2.45) is 0 Å². The molecule has 0 aliphatic heterocycles. The van der Waals surface area contributed by atoms with E-state index < -0.39 is 36.9 Å². The van der Waals surface area contributed by atoms with E-state index in [0.717, 1.165) is 4.88 Å². The van der Waals surface area contributed by atoms with Crippen LogP contribution in [-0.4, -0.2) is 58.2 Å². The van der Waals surface area contributed by atoms with E-state index in [2.05, 4.69) is 10.6 Å². The van der Waals surface area contributed by atoms with Crippen molar-refractivity contribution in [1.29, 1.82) is 0 Å². The summed E-state index contributed by atoms with van der Waals surface area (Å²) in [5.41, 5.74) is 1.19. The second kappa shape index (κ2) is 11.1. The Labute approximate surface area is 188 Å². The molecule has 32 heavy (non-hydrogen) atoms. The van der Waals surface area contributed by atoms with Crippen molar-refractivity contribution >= 4 is 40.1 Å². The minimum atomic E-state index is -0.810. The number of nitrogens with one attached hydrogen (secondary N) is 2. The highest BCUT2D eigenvalue weighted by atomic mass is 32.1. The maximum atomic E-state index is 12.3. The molecule has 0 saturated heterocycles. The highest BCUT2D eigenvalue weighted by molar-refractivity contribution is 7.16. The van der Waals surface area contributed by atoms with Gasteiger partial charge in [0.05, 0.1) is 26.9 Å². The van der Waals surface area contributed by atoms with Crippen molar-refractivity contribution in [3.8, 4) is 11.5 Å². The lowest BCUT2D eigenvalue weighted by molar-refractivity contribution is -0.146. The third kappa shape index (κ3) is 6.20. The van der Waals surface area contributed by atoms with E-state index in [4.69, 9.17) is 18.9 Å². The summed E-state index contributed by atoms with van der Waals surface area (Å²) >= 11 is 1.21. The number of anilines is 1. The highest BCUT2D eigenvalue weighted by Gasteiger charge is 2.22. The lowest BCUT2D eigenvalue weighted by Crippen LogP contribution is -2.32. The van der Waals surface area contributed by atoms with Crippen LogP contribution in [0.4, 0.5) is 5.00 Å². The third-order valence-electron chi connectivity index (χ3n) is 4.40. The largest absolute Gasteiger partial charge is 0.497 e. The van der Waals surface area contributed by atoms with Crippen molar-refractivity contribution in [1.82, 2.24) is 5.32 Å². The molecular formula is C21H24N2O8S. The summed E-state index contributed by atoms with van der Waals surface area (Å²) in [6.45, 7) is 2.52. The van der Waals surface area contributed by atoms with E-state index in [1.54, 1.807) is 13.0 Å². The van der Waals surface area contributed by atoms with Crippen LogP contribution >= 0.6 is 11.3 Å². The molecule has 0 unspecified atom stereocenters. The van der Waals surface area contributed by atoms with Crippen LogP contribution in [-0.2, 0) is 19.1 Å². The first-order valence-electron chi connectivity index (χ1n) is 9.35. The summed E-state index contributed by atoms with van der Waals surface area (Å²) in [5.74, 6) is -1.73. The number of carbonyl (C=O) groups is 4. The van der Waals surface area contributed by atoms with Gasteiger partial charge in [-0.1, -0.05) is 0 Å². The zero-order valence-corrected chi connectivity index (χ0v) is 19.1. The average molecular weight is 464 g/mol. The fourth-order valence-electron chi connectivity index (χ4n) is 2.62. The number of thiophene rings is 1. The minimum absolute atomic E-state index is 0.227. The molecule has 0 radical (unpaired) electrons. The van der Waals surface area contributed by atoms with Crippen LogP contribution in [0, 0.1) is 13.8 Å². The van der Waals surface area contributed by atoms with E-state index in [0.29, 0.717) is 22.1 Å². The molecule has 1 aromatic carbocycles. The monoisotopic (exact) mass is 464 g/mol. The second-order valence-corrected chi connectivity index (χ2v) is 7.70. The van der Waals surface area contributed by atoms with Crippen molar-refractivity contribution in [3.63, 3.8) is 0 Å². The maximum Gasteiger partial charge on any atom is 0.341 e. The lowest BCUT2D eigenvalue weighted by atomic mass is 10.1. The van der Waals surface area contributed by atoms with Gasteiger partial charge in [0.2, 0.25) is 0 Å². The van der Waals surface area contributed by atoms with Crippen LogP contribution in [0.2, 0.25) is 0 Å². The number of amides is 2. The summed E-state index contributed by atoms with van der Waals surface area (Å²) in [5, 5.41) is 5.26. The van der Waals surface area contributed by atoms with Gasteiger partial charge in [-0.15, -0.1) is 11.3 Å². The first-order valence-corrected chi connectivity index (χ1v) is 10.2. The van der Waals surface area contributed by atoms with E-state index in [9.17, 15) is 19.2 Å². The number of aryl methyl sites for hydroxylation is 1.